The van der Waals surface area contributed by atoms with Gasteiger partial charge in [0, 0.05) is 12.3 Å². The third kappa shape index (κ3) is 7.32. The predicted octanol–water partition coefficient (Wildman–Crippen LogP) is 5.39. The Kier molecular flexibility index (Phi) is 9.34. The molecule has 1 N–H and O–H groups in total. The number of carbonyl (C=O) groups is 1. The molecule has 0 radical (unpaired) electrons. The van der Waals surface area contributed by atoms with Crippen molar-refractivity contribution < 1.29 is 17.6 Å². The first kappa shape index (κ1) is 26.8. The topological polar surface area (TPSA) is 66.5 Å². The zero-order chi connectivity index (χ0) is 25.4. The summed E-state index contributed by atoms with van der Waals surface area (Å²) in [5.41, 5.74) is 4.04. The van der Waals surface area contributed by atoms with Crippen LogP contribution in [0.15, 0.2) is 71.6 Å². The molecule has 3 aromatic carbocycles. The fraction of sp³-hybridized carbons (Fsp3) is 0.296. The first-order valence-corrected chi connectivity index (χ1v) is 14.0. The van der Waals surface area contributed by atoms with Crippen molar-refractivity contribution in [1.29, 1.82) is 0 Å². The van der Waals surface area contributed by atoms with E-state index in [1.54, 1.807) is 60.3 Å². The number of rotatable bonds is 11. The maximum Gasteiger partial charge on any atom is 0.264 e. The Labute approximate surface area is 211 Å². The Morgan fingerprint density at radius 3 is 2.37 bits per heavy atom. The third-order valence-corrected chi connectivity index (χ3v) is 8.56. The minimum atomic E-state index is -3.94. The van der Waals surface area contributed by atoms with Crippen LogP contribution in [0.2, 0.25) is 0 Å². The Morgan fingerprint density at radius 2 is 1.69 bits per heavy atom. The number of amides is 1. The van der Waals surface area contributed by atoms with Crippen LogP contribution in [0.1, 0.15) is 28.7 Å². The zero-order valence-corrected chi connectivity index (χ0v) is 21.9. The van der Waals surface area contributed by atoms with Crippen molar-refractivity contribution in [2.75, 3.05) is 23.1 Å². The SMILES string of the molecule is Cc1ccc(S(=O)(=O)N(CC(=O)NCCCSCc2ccccc2F)c2ccc(C)c(C)c2)cc1. The lowest BCUT2D eigenvalue weighted by molar-refractivity contribution is -0.119. The minimum absolute atomic E-state index is 0.138. The highest BCUT2D eigenvalue weighted by Gasteiger charge is 2.27. The minimum Gasteiger partial charge on any atom is -0.354 e. The first-order valence-electron chi connectivity index (χ1n) is 11.4. The van der Waals surface area contributed by atoms with E-state index in [4.69, 9.17) is 0 Å². The number of thioether (sulfide) groups is 1. The maximum absolute atomic E-state index is 13.7. The number of nitrogens with zero attached hydrogens (tertiary/aromatic N) is 1. The van der Waals surface area contributed by atoms with Crippen LogP contribution in [-0.4, -0.2) is 33.2 Å². The molecular formula is C27H31FN2O3S2. The van der Waals surface area contributed by atoms with E-state index in [1.807, 2.05) is 32.9 Å². The third-order valence-electron chi connectivity index (χ3n) is 5.68. The Balaban J connectivity index is 1.62. The summed E-state index contributed by atoms with van der Waals surface area (Å²) in [6.45, 7) is 5.85. The van der Waals surface area contributed by atoms with Gasteiger partial charge >= 0.3 is 0 Å². The first-order chi connectivity index (χ1) is 16.7. The molecule has 0 atom stereocenters. The predicted molar refractivity (Wildman–Crippen MR) is 142 cm³/mol. The number of anilines is 1. The Morgan fingerprint density at radius 1 is 0.971 bits per heavy atom. The molecule has 186 valence electrons. The van der Waals surface area contributed by atoms with Crippen molar-refractivity contribution in [3.8, 4) is 0 Å². The van der Waals surface area contributed by atoms with Gasteiger partial charge in [-0.15, -0.1) is 0 Å². The molecule has 8 heteroatoms. The molecule has 0 bridgehead atoms. The van der Waals surface area contributed by atoms with Crippen molar-refractivity contribution >= 4 is 33.4 Å². The lowest BCUT2D eigenvalue weighted by atomic mass is 10.1. The van der Waals surface area contributed by atoms with Crippen LogP contribution in [0.5, 0.6) is 0 Å². The molecule has 0 unspecified atom stereocenters. The number of nitrogens with one attached hydrogen (secondary N) is 1. The number of benzene rings is 3. The molecule has 1 amide bonds. The molecule has 3 rings (SSSR count). The molecule has 0 saturated carbocycles. The van der Waals surface area contributed by atoms with Gasteiger partial charge in [-0.2, -0.15) is 11.8 Å². The van der Waals surface area contributed by atoms with Crippen molar-refractivity contribution in [2.24, 2.45) is 0 Å². The van der Waals surface area contributed by atoms with E-state index >= 15 is 0 Å². The molecule has 0 aliphatic rings. The smallest absolute Gasteiger partial charge is 0.264 e. The number of carbonyl (C=O) groups excluding carboxylic acids is 1. The van der Waals surface area contributed by atoms with Gasteiger partial charge in [-0.1, -0.05) is 42.0 Å². The molecule has 0 spiro atoms. The lowest BCUT2D eigenvalue weighted by Gasteiger charge is -2.25. The summed E-state index contributed by atoms with van der Waals surface area (Å²) >= 11 is 1.59. The summed E-state index contributed by atoms with van der Waals surface area (Å²) in [6, 6.07) is 18.6. The molecule has 0 aliphatic carbocycles. The molecule has 0 heterocycles. The van der Waals surface area contributed by atoms with Crippen LogP contribution in [0.4, 0.5) is 10.1 Å². The van der Waals surface area contributed by atoms with E-state index in [1.165, 1.54) is 6.07 Å². The summed E-state index contributed by atoms with van der Waals surface area (Å²) in [4.78, 5) is 12.9. The Hall–Kier alpha value is -2.84. The van der Waals surface area contributed by atoms with Crippen LogP contribution in [0.3, 0.4) is 0 Å². The average molecular weight is 515 g/mol. The van der Waals surface area contributed by atoms with E-state index in [9.17, 15) is 17.6 Å². The summed E-state index contributed by atoms with van der Waals surface area (Å²) in [7, 11) is -3.94. The highest BCUT2D eigenvalue weighted by molar-refractivity contribution is 7.98. The maximum atomic E-state index is 13.7. The van der Waals surface area contributed by atoms with Crippen molar-refractivity contribution in [2.45, 2.75) is 37.8 Å². The lowest BCUT2D eigenvalue weighted by Crippen LogP contribution is -2.41. The monoisotopic (exact) mass is 514 g/mol. The number of aryl methyl sites for hydroxylation is 3. The van der Waals surface area contributed by atoms with Crippen LogP contribution >= 0.6 is 11.8 Å². The molecule has 0 aromatic heterocycles. The second-order valence-corrected chi connectivity index (χ2v) is 11.4. The van der Waals surface area contributed by atoms with Gasteiger partial charge in [0.2, 0.25) is 5.91 Å². The summed E-state index contributed by atoms with van der Waals surface area (Å²) < 4.78 is 41.8. The van der Waals surface area contributed by atoms with Gasteiger partial charge < -0.3 is 5.32 Å². The summed E-state index contributed by atoms with van der Waals surface area (Å²) in [5, 5.41) is 2.82. The van der Waals surface area contributed by atoms with Crippen molar-refractivity contribution in [1.82, 2.24) is 5.32 Å². The normalized spacial score (nSPS) is 11.3. The fourth-order valence-corrected chi connectivity index (χ4v) is 5.78. The molecule has 35 heavy (non-hydrogen) atoms. The van der Waals surface area contributed by atoms with Gasteiger partial charge in [0.1, 0.15) is 12.4 Å². The van der Waals surface area contributed by atoms with Crippen LogP contribution in [-0.2, 0) is 20.6 Å². The van der Waals surface area contributed by atoms with E-state index in [0.717, 1.165) is 26.7 Å². The van der Waals surface area contributed by atoms with Crippen molar-refractivity contribution in [3.63, 3.8) is 0 Å². The highest BCUT2D eigenvalue weighted by atomic mass is 32.2. The summed E-state index contributed by atoms with van der Waals surface area (Å²) in [5.74, 6) is 0.722. The molecular weight excluding hydrogens is 483 g/mol. The molecule has 0 aliphatic heterocycles. The number of hydrogen-bond donors (Lipinski definition) is 1. The number of sulfonamides is 1. The molecule has 5 nitrogen and oxygen atoms in total. The van der Waals surface area contributed by atoms with E-state index in [2.05, 4.69) is 5.32 Å². The second-order valence-electron chi connectivity index (χ2n) is 8.44. The van der Waals surface area contributed by atoms with Gasteiger partial charge in [0.05, 0.1) is 10.6 Å². The number of hydrogen-bond acceptors (Lipinski definition) is 4. The molecule has 3 aromatic rings. The van der Waals surface area contributed by atoms with Crippen LogP contribution < -0.4 is 9.62 Å². The van der Waals surface area contributed by atoms with Gasteiger partial charge in [-0.05, 0) is 80.0 Å². The summed E-state index contributed by atoms with van der Waals surface area (Å²) in [6.07, 6.45) is 0.694. The van der Waals surface area contributed by atoms with Crippen LogP contribution in [0.25, 0.3) is 0 Å². The Bertz CT molecular complexity index is 1260. The van der Waals surface area contributed by atoms with Gasteiger partial charge in [0.25, 0.3) is 10.0 Å². The fourth-order valence-electron chi connectivity index (χ4n) is 3.42. The van der Waals surface area contributed by atoms with E-state index in [-0.39, 0.29) is 23.2 Å². The molecule has 0 saturated heterocycles. The average Bonchev–Trinajstić information content (AvgIpc) is 2.83. The number of halogens is 1. The zero-order valence-electron chi connectivity index (χ0n) is 20.3. The van der Waals surface area contributed by atoms with E-state index in [0.29, 0.717) is 30.0 Å². The van der Waals surface area contributed by atoms with Gasteiger partial charge in [-0.3, -0.25) is 9.10 Å². The standard InChI is InChI=1S/C27H31FN2O3S2/c1-20-9-13-25(14-10-20)35(32,33)30(24-12-11-21(2)22(3)17-24)18-27(31)29-15-6-16-34-19-23-7-4-5-8-26(23)28/h4-5,7-14,17H,6,15-16,18-19H2,1-3H3,(H,29,31). The highest BCUT2D eigenvalue weighted by Crippen LogP contribution is 2.26. The quantitative estimate of drug-likeness (QED) is 0.349. The van der Waals surface area contributed by atoms with E-state index < -0.39 is 10.0 Å². The van der Waals surface area contributed by atoms with Gasteiger partial charge in [-0.25, -0.2) is 12.8 Å². The van der Waals surface area contributed by atoms with Crippen LogP contribution in [0, 0.1) is 26.6 Å². The largest absolute Gasteiger partial charge is 0.354 e. The molecule has 0 fully saturated rings. The van der Waals surface area contributed by atoms with Crippen molar-refractivity contribution in [3.05, 3.63) is 94.8 Å². The van der Waals surface area contributed by atoms with Gasteiger partial charge in [0.15, 0.2) is 0 Å². The second kappa shape index (κ2) is 12.2.